The van der Waals surface area contributed by atoms with Crippen LogP contribution in [0.4, 0.5) is 5.69 Å². The third-order valence-corrected chi connectivity index (χ3v) is 5.12. The molecule has 0 unspecified atom stereocenters. The van der Waals surface area contributed by atoms with Crippen LogP contribution in [0.3, 0.4) is 0 Å². The van der Waals surface area contributed by atoms with E-state index in [1.54, 1.807) is 12.1 Å². The summed E-state index contributed by atoms with van der Waals surface area (Å²) >= 11 is 5.85. The van der Waals surface area contributed by atoms with Gasteiger partial charge in [-0.2, -0.15) is 0 Å². The maximum Gasteiger partial charge on any atom is 0.238 e. The van der Waals surface area contributed by atoms with E-state index >= 15 is 0 Å². The second kappa shape index (κ2) is 6.80. The van der Waals surface area contributed by atoms with Crippen LogP contribution in [0.5, 0.6) is 0 Å². The highest BCUT2D eigenvalue weighted by Gasteiger charge is 2.31. The molecule has 0 bridgehead atoms. The van der Waals surface area contributed by atoms with Crippen LogP contribution in [0.2, 0.25) is 5.02 Å². The van der Waals surface area contributed by atoms with Crippen molar-refractivity contribution in [3.8, 4) is 0 Å². The summed E-state index contributed by atoms with van der Waals surface area (Å²) in [5.41, 5.74) is 0.817. The van der Waals surface area contributed by atoms with Gasteiger partial charge in [-0.1, -0.05) is 30.9 Å². The lowest BCUT2D eigenvalue weighted by Crippen LogP contribution is -2.44. The zero-order valence-electron chi connectivity index (χ0n) is 12.4. The molecule has 1 saturated heterocycles. The van der Waals surface area contributed by atoms with Crippen molar-refractivity contribution in [3.05, 3.63) is 29.3 Å². The van der Waals surface area contributed by atoms with Crippen molar-refractivity contribution < 1.29 is 4.79 Å². The highest BCUT2D eigenvalue weighted by molar-refractivity contribution is 6.30. The van der Waals surface area contributed by atoms with Gasteiger partial charge in [0.2, 0.25) is 5.91 Å². The second-order valence-electron chi connectivity index (χ2n) is 6.38. The number of likely N-dealkylation sites (tertiary alicyclic amines) is 1. The first kappa shape index (κ1) is 14.9. The van der Waals surface area contributed by atoms with Gasteiger partial charge in [0.15, 0.2) is 0 Å². The number of fused-ring (bicyclic) bond motifs is 1. The van der Waals surface area contributed by atoms with E-state index in [0.717, 1.165) is 30.6 Å². The Bertz CT molecular complexity index is 488. The van der Waals surface area contributed by atoms with Crippen molar-refractivity contribution in [1.29, 1.82) is 0 Å². The summed E-state index contributed by atoms with van der Waals surface area (Å²) in [6, 6.07) is 7.27. The summed E-state index contributed by atoms with van der Waals surface area (Å²) in [6.45, 7) is 2.67. The Morgan fingerprint density at radius 2 is 1.86 bits per heavy atom. The van der Waals surface area contributed by atoms with Crippen LogP contribution in [-0.2, 0) is 4.79 Å². The molecule has 3 nitrogen and oxygen atoms in total. The molecule has 0 spiro atoms. The van der Waals surface area contributed by atoms with E-state index in [-0.39, 0.29) is 5.91 Å². The number of halogens is 1. The Balaban J connectivity index is 1.49. The minimum atomic E-state index is 0.0755. The lowest BCUT2D eigenvalue weighted by Gasteiger charge is -2.41. The van der Waals surface area contributed by atoms with Crippen molar-refractivity contribution in [1.82, 2.24) is 4.90 Å². The molecule has 1 aromatic carbocycles. The van der Waals surface area contributed by atoms with Crippen molar-refractivity contribution >= 4 is 23.2 Å². The number of amides is 1. The van der Waals surface area contributed by atoms with Gasteiger partial charge in [0.1, 0.15) is 0 Å². The third kappa shape index (κ3) is 3.98. The third-order valence-electron chi connectivity index (χ3n) is 4.87. The van der Waals surface area contributed by atoms with Gasteiger partial charge in [-0.05, 0) is 55.5 Å². The molecule has 0 radical (unpaired) electrons. The van der Waals surface area contributed by atoms with E-state index in [2.05, 4.69) is 10.2 Å². The molecule has 1 heterocycles. The standard InChI is InChI=1S/C17H23ClN2O/c18-15-5-7-16(8-6-15)19-17(21)12-20-10-9-13-3-1-2-4-14(13)11-20/h5-8,13-14H,1-4,9-12H2,(H,19,21)/t13-,14-/m1/s1. The SMILES string of the molecule is O=C(CN1CC[C@H]2CCCC[C@@H]2C1)Nc1ccc(Cl)cc1. The number of hydrogen-bond donors (Lipinski definition) is 1. The van der Waals surface area contributed by atoms with Crippen LogP contribution < -0.4 is 5.32 Å². The molecule has 1 aromatic rings. The highest BCUT2D eigenvalue weighted by Crippen LogP contribution is 2.35. The number of nitrogens with zero attached hydrogens (tertiary/aromatic N) is 1. The topological polar surface area (TPSA) is 32.3 Å². The number of benzene rings is 1. The van der Waals surface area contributed by atoms with Crippen molar-refractivity contribution in [3.63, 3.8) is 0 Å². The molecule has 114 valence electrons. The minimum absolute atomic E-state index is 0.0755. The first-order valence-corrected chi connectivity index (χ1v) is 8.36. The predicted octanol–water partition coefficient (Wildman–Crippen LogP) is 3.79. The molecule has 1 saturated carbocycles. The average Bonchev–Trinajstić information content (AvgIpc) is 2.49. The van der Waals surface area contributed by atoms with E-state index in [0.29, 0.717) is 11.6 Å². The molecular weight excluding hydrogens is 284 g/mol. The molecule has 0 aromatic heterocycles. The molecule has 3 rings (SSSR count). The molecule has 21 heavy (non-hydrogen) atoms. The summed E-state index contributed by atoms with van der Waals surface area (Å²) in [4.78, 5) is 14.5. The normalized spacial score (nSPS) is 26.1. The van der Waals surface area contributed by atoms with Gasteiger partial charge < -0.3 is 5.32 Å². The van der Waals surface area contributed by atoms with Gasteiger partial charge in [0.05, 0.1) is 6.54 Å². The Morgan fingerprint density at radius 3 is 2.62 bits per heavy atom. The van der Waals surface area contributed by atoms with E-state index < -0.39 is 0 Å². The van der Waals surface area contributed by atoms with Gasteiger partial charge in [-0.25, -0.2) is 0 Å². The van der Waals surface area contributed by atoms with Crippen LogP contribution in [0.25, 0.3) is 0 Å². The number of carbonyl (C=O) groups is 1. The van der Waals surface area contributed by atoms with E-state index in [1.807, 2.05) is 12.1 Å². The first-order valence-electron chi connectivity index (χ1n) is 7.98. The lowest BCUT2D eigenvalue weighted by atomic mass is 9.75. The minimum Gasteiger partial charge on any atom is -0.325 e. The van der Waals surface area contributed by atoms with Crippen LogP contribution in [-0.4, -0.2) is 30.4 Å². The maximum absolute atomic E-state index is 12.1. The molecule has 2 aliphatic rings. The average molecular weight is 307 g/mol. The quantitative estimate of drug-likeness (QED) is 0.921. The first-order chi connectivity index (χ1) is 10.2. The van der Waals surface area contributed by atoms with Crippen LogP contribution in [0.1, 0.15) is 32.1 Å². The number of carbonyl (C=O) groups excluding carboxylic acids is 1. The smallest absolute Gasteiger partial charge is 0.238 e. The summed E-state index contributed by atoms with van der Waals surface area (Å²) in [5.74, 6) is 1.80. The molecular formula is C17H23ClN2O. The van der Waals surface area contributed by atoms with Crippen molar-refractivity contribution in [2.75, 3.05) is 25.0 Å². The van der Waals surface area contributed by atoms with E-state index in [9.17, 15) is 4.79 Å². The summed E-state index contributed by atoms with van der Waals surface area (Å²) in [7, 11) is 0. The van der Waals surface area contributed by atoms with E-state index in [1.165, 1.54) is 32.1 Å². The Labute approximate surface area is 131 Å². The van der Waals surface area contributed by atoms with Crippen LogP contribution in [0, 0.1) is 11.8 Å². The fourth-order valence-corrected chi connectivity index (χ4v) is 3.88. The molecule has 1 amide bonds. The molecule has 1 aliphatic carbocycles. The monoisotopic (exact) mass is 306 g/mol. The van der Waals surface area contributed by atoms with Crippen molar-refractivity contribution in [2.24, 2.45) is 11.8 Å². The largest absolute Gasteiger partial charge is 0.325 e. The molecule has 2 fully saturated rings. The zero-order valence-corrected chi connectivity index (χ0v) is 13.1. The van der Waals surface area contributed by atoms with E-state index in [4.69, 9.17) is 11.6 Å². The fourth-order valence-electron chi connectivity index (χ4n) is 3.76. The van der Waals surface area contributed by atoms with Gasteiger partial charge in [0, 0.05) is 17.3 Å². The summed E-state index contributed by atoms with van der Waals surface area (Å²) in [6.07, 6.45) is 6.78. The predicted molar refractivity (Wildman–Crippen MR) is 86.6 cm³/mol. The highest BCUT2D eigenvalue weighted by atomic mass is 35.5. The van der Waals surface area contributed by atoms with Gasteiger partial charge >= 0.3 is 0 Å². The molecule has 1 aliphatic heterocycles. The number of nitrogens with one attached hydrogen (secondary N) is 1. The zero-order chi connectivity index (χ0) is 14.7. The van der Waals surface area contributed by atoms with Gasteiger partial charge in [0.25, 0.3) is 0 Å². The van der Waals surface area contributed by atoms with Crippen molar-refractivity contribution in [2.45, 2.75) is 32.1 Å². The molecule has 4 heteroatoms. The second-order valence-corrected chi connectivity index (χ2v) is 6.82. The van der Waals surface area contributed by atoms with Gasteiger partial charge in [-0.3, -0.25) is 9.69 Å². The molecule has 2 atom stereocenters. The Morgan fingerprint density at radius 1 is 1.14 bits per heavy atom. The number of piperidine rings is 1. The summed E-state index contributed by atoms with van der Waals surface area (Å²) < 4.78 is 0. The number of rotatable bonds is 3. The van der Waals surface area contributed by atoms with Crippen LogP contribution >= 0.6 is 11.6 Å². The molecule has 1 N–H and O–H groups in total. The fraction of sp³-hybridized carbons (Fsp3) is 0.588. The Kier molecular flexibility index (Phi) is 4.81. The number of hydrogen-bond acceptors (Lipinski definition) is 2. The van der Waals surface area contributed by atoms with Crippen LogP contribution in [0.15, 0.2) is 24.3 Å². The Hall–Kier alpha value is -1.06. The lowest BCUT2D eigenvalue weighted by molar-refractivity contribution is -0.118. The van der Waals surface area contributed by atoms with Gasteiger partial charge in [-0.15, -0.1) is 0 Å². The summed E-state index contributed by atoms with van der Waals surface area (Å²) in [5, 5.41) is 3.64. The number of anilines is 1. The maximum atomic E-state index is 12.1.